The molecule has 10 nitrogen and oxygen atoms in total. The molecular formula is C22H26N4O6S. The average Bonchev–Trinajstić information content (AvgIpc) is 3.52. The van der Waals surface area contributed by atoms with Gasteiger partial charge in [-0.25, -0.2) is 8.42 Å². The Morgan fingerprint density at radius 3 is 2.79 bits per heavy atom. The predicted molar refractivity (Wildman–Crippen MR) is 117 cm³/mol. The molecule has 1 N–H and O–H groups in total. The van der Waals surface area contributed by atoms with Crippen LogP contribution in [0.15, 0.2) is 47.3 Å². The van der Waals surface area contributed by atoms with Crippen LogP contribution in [0, 0.1) is 0 Å². The van der Waals surface area contributed by atoms with Gasteiger partial charge in [-0.1, -0.05) is 19.4 Å². The van der Waals surface area contributed by atoms with E-state index in [1.54, 1.807) is 24.4 Å². The topological polar surface area (TPSA) is 130 Å². The maximum absolute atomic E-state index is 13.3. The summed E-state index contributed by atoms with van der Waals surface area (Å²) in [6, 6.07) is 4.12. The maximum atomic E-state index is 13.3. The Morgan fingerprint density at radius 2 is 2.12 bits per heavy atom. The number of sulfonamides is 1. The fourth-order valence-electron chi connectivity index (χ4n) is 4.54. The highest BCUT2D eigenvalue weighted by Gasteiger charge is 2.54. The number of amides is 2. The molecule has 2 saturated heterocycles. The van der Waals surface area contributed by atoms with Crippen LogP contribution in [0.5, 0.6) is 0 Å². The number of furan rings is 1. The molecular weight excluding hydrogens is 448 g/mol. The lowest BCUT2D eigenvalue weighted by Crippen LogP contribution is -2.52. The normalized spacial score (nSPS) is 21.7. The monoisotopic (exact) mass is 474 g/mol. The van der Waals surface area contributed by atoms with Crippen LogP contribution in [-0.4, -0.2) is 71.4 Å². The summed E-state index contributed by atoms with van der Waals surface area (Å²) in [7, 11) is -3.78. The molecule has 0 aliphatic carbocycles. The van der Waals surface area contributed by atoms with E-state index in [-0.39, 0.29) is 36.3 Å². The third kappa shape index (κ3) is 4.69. The molecule has 2 fully saturated rings. The fourth-order valence-corrected chi connectivity index (χ4v) is 6.26. The van der Waals surface area contributed by atoms with Crippen LogP contribution >= 0.6 is 0 Å². The second-order valence-electron chi connectivity index (χ2n) is 8.25. The minimum atomic E-state index is -3.78. The van der Waals surface area contributed by atoms with Crippen molar-refractivity contribution in [1.29, 1.82) is 0 Å². The lowest BCUT2D eigenvalue weighted by molar-refractivity contribution is -0.138. The van der Waals surface area contributed by atoms with Gasteiger partial charge in [-0.05, 0) is 36.6 Å². The first kappa shape index (κ1) is 23.1. The Bertz CT molecular complexity index is 1120. The van der Waals surface area contributed by atoms with Crippen molar-refractivity contribution in [3.63, 3.8) is 0 Å². The van der Waals surface area contributed by atoms with Crippen LogP contribution in [0.3, 0.4) is 0 Å². The summed E-state index contributed by atoms with van der Waals surface area (Å²) < 4.78 is 32.4. The Kier molecular flexibility index (Phi) is 6.61. The lowest BCUT2D eigenvalue weighted by atomic mass is 10.1. The van der Waals surface area contributed by atoms with E-state index in [2.05, 4.69) is 10.3 Å². The van der Waals surface area contributed by atoms with Crippen LogP contribution in [0.25, 0.3) is 0 Å². The van der Waals surface area contributed by atoms with Crippen LogP contribution in [0.2, 0.25) is 0 Å². The van der Waals surface area contributed by atoms with Crippen molar-refractivity contribution < 1.29 is 27.2 Å². The van der Waals surface area contributed by atoms with E-state index in [9.17, 15) is 22.8 Å². The number of carbonyl (C=O) groups is 3. The molecule has 176 valence electrons. The second kappa shape index (κ2) is 9.44. The molecule has 0 spiro atoms. The molecule has 33 heavy (non-hydrogen) atoms. The van der Waals surface area contributed by atoms with Crippen LogP contribution in [-0.2, 0) is 25.4 Å². The van der Waals surface area contributed by atoms with Crippen molar-refractivity contribution in [2.24, 2.45) is 0 Å². The SMILES string of the molecule is CCCC(NC(=O)c1ccco1)C(=O)N1CCC2C1C(=O)CN2S(=O)(=O)Cc1cccnc1. The minimum Gasteiger partial charge on any atom is -0.459 e. The number of nitrogens with one attached hydrogen (secondary N) is 1. The largest absolute Gasteiger partial charge is 0.459 e. The molecule has 4 heterocycles. The van der Waals surface area contributed by atoms with E-state index < -0.39 is 34.1 Å². The second-order valence-corrected chi connectivity index (χ2v) is 10.2. The highest BCUT2D eigenvalue weighted by molar-refractivity contribution is 7.88. The predicted octanol–water partition coefficient (Wildman–Crippen LogP) is 0.957. The Hall–Kier alpha value is -3.05. The molecule has 0 saturated carbocycles. The molecule has 2 aliphatic heterocycles. The van der Waals surface area contributed by atoms with Gasteiger partial charge in [0.1, 0.15) is 12.1 Å². The molecule has 3 unspecified atom stereocenters. The van der Waals surface area contributed by atoms with E-state index in [1.165, 1.54) is 27.7 Å². The van der Waals surface area contributed by atoms with Crippen LogP contribution in [0.1, 0.15) is 42.3 Å². The first-order chi connectivity index (χ1) is 15.8. The first-order valence-corrected chi connectivity index (χ1v) is 12.5. The van der Waals surface area contributed by atoms with Gasteiger partial charge in [0.2, 0.25) is 15.9 Å². The molecule has 11 heteroatoms. The Balaban J connectivity index is 1.49. The van der Waals surface area contributed by atoms with Crippen molar-refractivity contribution in [1.82, 2.24) is 19.5 Å². The number of likely N-dealkylation sites (tertiary alicyclic amines) is 1. The zero-order valence-corrected chi connectivity index (χ0v) is 19.0. The van der Waals surface area contributed by atoms with Crippen molar-refractivity contribution in [3.05, 3.63) is 54.2 Å². The quantitative estimate of drug-likeness (QED) is 0.603. The zero-order valence-electron chi connectivity index (χ0n) is 18.2. The first-order valence-electron chi connectivity index (χ1n) is 10.9. The summed E-state index contributed by atoms with van der Waals surface area (Å²) >= 11 is 0. The number of fused-ring (bicyclic) bond motifs is 1. The zero-order chi connectivity index (χ0) is 23.6. The smallest absolute Gasteiger partial charge is 0.287 e. The maximum Gasteiger partial charge on any atom is 0.287 e. The molecule has 2 amide bonds. The Morgan fingerprint density at radius 1 is 1.30 bits per heavy atom. The van der Waals surface area contributed by atoms with Crippen molar-refractivity contribution >= 4 is 27.6 Å². The van der Waals surface area contributed by atoms with E-state index in [4.69, 9.17) is 4.42 Å². The lowest BCUT2D eigenvalue weighted by Gasteiger charge is -2.28. The third-order valence-electron chi connectivity index (χ3n) is 6.02. The molecule has 2 aromatic rings. The van der Waals surface area contributed by atoms with Crippen LogP contribution < -0.4 is 5.32 Å². The fraction of sp³-hybridized carbons (Fsp3) is 0.455. The summed E-state index contributed by atoms with van der Waals surface area (Å²) in [4.78, 5) is 44.0. The summed E-state index contributed by atoms with van der Waals surface area (Å²) in [5, 5.41) is 2.69. The van der Waals surface area contributed by atoms with E-state index in [0.29, 0.717) is 24.8 Å². The molecule has 3 atom stereocenters. The number of nitrogens with zero attached hydrogens (tertiary/aromatic N) is 3. The highest BCUT2D eigenvalue weighted by atomic mass is 32.2. The van der Waals surface area contributed by atoms with Crippen LogP contribution in [0.4, 0.5) is 0 Å². The number of aromatic nitrogens is 1. The standard InChI is InChI=1S/C22H26N4O6S/c1-2-5-16(24-21(28)19-7-4-11-32-19)22(29)25-10-8-17-20(25)18(27)13-26(17)33(30,31)14-15-6-3-9-23-12-15/h3-4,6-7,9,11-12,16-17,20H,2,5,8,10,13-14H2,1H3,(H,24,28). The number of ketones is 1. The summed E-state index contributed by atoms with van der Waals surface area (Å²) in [6.07, 6.45) is 5.79. The van der Waals surface area contributed by atoms with Gasteiger partial charge < -0.3 is 14.6 Å². The van der Waals surface area contributed by atoms with Gasteiger partial charge in [-0.2, -0.15) is 4.31 Å². The number of hydrogen-bond donors (Lipinski definition) is 1. The van der Waals surface area contributed by atoms with Gasteiger partial charge in [0.25, 0.3) is 5.91 Å². The average molecular weight is 475 g/mol. The van der Waals surface area contributed by atoms with E-state index >= 15 is 0 Å². The third-order valence-corrected chi connectivity index (χ3v) is 7.83. The molecule has 2 aromatic heterocycles. The number of rotatable bonds is 8. The molecule has 4 rings (SSSR count). The number of carbonyl (C=O) groups excluding carboxylic acids is 3. The summed E-state index contributed by atoms with van der Waals surface area (Å²) in [5.74, 6) is -1.38. The van der Waals surface area contributed by atoms with Gasteiger partial charge in [0, 0.05) is 18.9 Å². The Labute approximate surface area is 192 Å². The highest BCUT2D eigenvalue weighted by Crippen LogP contribution is 2.33. The van der Waals surface area contributed by atoms with Crippen molar-refractivity contribution in [3.8, 4) is 0 Å². The molecule has 0 radical (unpaired) electrons. The number of pyridine rings is 1. The van der Waals surface area contributed by atoms with Gasteiger partial charge in [0.05, 0.1) is 24.6 Å². The minimum absolute atomic E-state index is 0.0906. The number of Topliss-reactive ketones (excluding diaryl/α,β-unsaturated/α-hetero) is 1. The van der Waals surface area contributed by atoms with Gasteiger partial charge in [0.15, 0.2) is 11.5 Å². The van der Waals surface area contributed by atoms with Crippen molar-refractivity contribution in [2.75, 3.05) is 13.1 Å². The van der Waals surface area contributed by atoms with Crippen molar-refractivity contribution in [2.45, 2.75) is 50.1 Å². The van der Waals surface area contributed by atoms with Gasteiger partial charge in [-0.3, -0.25) is 19.4 Å². The molecule has 0 bridgehead atoms. The van der Waals surface area contributed by atoms with E-state index in [1.807, 2.05) is 6.92 Å². The van der Waals surface area contributed by atoms with E-state index in [0.717, 1.165) is 0 Å². The van der Waals surface area contributed by atoms with Gasteiger partial charge in [-0.15, -0.1) is 0 Å². The summed E-state index contributed by atoms with van der Waals surface area (Å²) in [5.41, 5.74) is 0.531. The number of hydrogen-bond acceptors (Lipinski definition) is 7. The molecule has 0 aromatic carbocycles. The molecule has 2 aliphatic rings. The van der Waals surface area contributed by atoms with Gasteiger partial charge >= 0.3 is 0 Å². The summed E-state index contributed by atoms with van der Waals surface area (Å²) in [6.45, 7) is 1.87.